The van der Waals surface area contributed by atoms with E-state index in [1.54, 1.807) is 18.2 Å². The maximum atomic E-state index is 11.5. The Labute approximate surface area is 151 Å². The summed E-state index contributed by atoms with van der Waals surface area (Å²) in [4.78, 5) is 27.0. The van der Waals surface area contributed by atoms with Crippen LogP contribution in [0, 0.1) is 0 Å². The van der Waals surface area contributed by atoms with Crippen molar-refractivity contribution >= 4 is 34.9 Å². The van der Waals surface area contributed by atoms with E-state index in [9.17, 15) is 9.59 Å². The number of hydrogen-bond acceptors (Lipinski definition) is 4. The molecule has 25 heavy (non-hydrogen) atoms. The summed E-state index contributed by atoms with van der Waals surface area (Å²) >= 11 is 6.15. The summed E-state index contributed by atoms with van der Waals surface area (Å²) in [5.41, 5.74) is 2.86. The Bertz CT molecular complexity index is 789. The number of nitrogens with one attached hydrogen (secondary N) is 1. The van der Waals surface area contributed by atoms with Gasteiger partial charge in [-0.1, -0.05) is 41.9 Å². The second-order valence-electron chi connectivity index (χ2n) is 5.31. The summed E-state index contributed by atoms with van der Waals surface area (Å²) in [6.45, 7) is 3.28. The van der Waals surface area contributed by atoms with Crippen molar-refractivity contribution in [2.24, 2.45) is 4.99 Å². The normalized spacial score (nSPS) is 11.1. The van der Waals surface area contributed by atoms with Gasteiger partial charge in [0.05, 0.1) is 17.9 Å². The molecule has 0 fully saturated rings. The Kier molecular flexibility index (Phi) is 6.71. The van der Waals surface area contributed by atoms with Crippen molar-refractivity contribution < 1.29 is 14.3 Å². The van der Waals surface area contributed by atoms with Crippen LogP contribution >= 0.6 is 11.6 Å². The summed E-state index contributed by atoms with van der Waals surface area (Å²) in [6, 6.07) is 14.8. The fraction of sp³-hybridized carbons (Fsp3) is 0.211. The average Bonchev–Trinajstić information content (AvgIpc) is 2.57. The Hall–Kier alpha value is -2.66. The highest BCUT2D eigenvalue weighted by molar-refractivity contribution is 6.31. The van der Waals surface area contributed by atoms with Crippen molar-refractivity contribution in [3.05, 3.63) is 64.7 Å². The van der Waals surface area contributed by atoms with Crippen molar-refractivity contribution in [2.75, 3.05) is 18.5 Å². The number of halogens is 1. The van der Waals surface area contributed by atoms with E-state index < -0.39 is 0 Å². The summed E-state index contributed by atoms with van der Waals surface area (Å²) in [6.07, 6.45) is 0. The van der Waals surface area contributed by atoms with Crippen LogP contribution in [0.2, 0.25) is 5.02 Å². The number of benzene rings is 2. The minimum absolute atomic E-state index is 0.182. The molecule has 0 spiro atoms. The van der Waals surface area contributed by atoms with Crippen LogP contribution in [0.5, 0.6) is 0 Å². The average molecular weight is 359 g/mol. The fourth-order valence-electron chi connectivity index (χ4n) is 2.29. The number of carbonyl (C=O) groups is 2. The molecule has 2 aromatic rings. The Morgan fingerprint density at radius 1 is 1.12 bits per heavy atom. The standard InChI is InChI=1S/C19H19ClN2O3/c1-13(23)22-18-9-8-16(20)12-17(18)19(15-6-4-3-5-7-15)21-10-11-25-14(2)24/h3-9,12H,10-11H2,1-2H3,(H,22,23). The monoisotopic (exact) mass is 358 g/mol. The molecule has 2 aromatic carbocycles. The van der Waals surface area contributed by atoms with Crippen molar-refractivity contribution in [2.45, 2.75) is 13.8 Å². The number of rotatable bonds is 6. The third kappa shape index (κ3) is 5.72. The molecule has 5 nitrogen and oxygen atoms in total. The molecule has 130 valence electrons. The molecule has 0 heterocycles. The zero-order valence-corrected chi connectivity index (χ0v) is 14.8. The number of nitrogens with zero attached hydrogens (tertiary/aromatic N) is 1. The first-order valence-electron chi connectivity index (χ1n) is 7.78. The van der Waals surface area contributed by atoms with Crippen molar-refractivity contribution in [3.63, 3.8) is 0 Å². The quantitative estimate of drug-likeness (QED) is 0.486. The highest BCUT2D eigenvalue weighted by atomic mass is 35.5. The summed E-state index contributed by atoms with van der Waals surface area (Å²) in [5.74, 6) is -0.533. The van der Waals surface area contributed by atoms with E-state index in [4.69, 9.17) is 16.3 Å². The van der Waals surface area contributed by atoms with E-state index in [0.717, 1.165) is 5.56 Å². The van der Waals surface area contributed by atoms with Crippen molar-refractivity contribution in [1.82, 2.24) is 0 Å². The van der Waals surface area contributed by atoms with Crippen LogP contribution in [0.15, 0.2) is 53.5 Å². The first-order valence-corrected chi connectivity index (χ1v) is 8.16. The number of amides is 1. The van der Waals surface area contributed by atoms with Gasteiger partial charge in [-0.3, -0.25) is 14.6 Å². The van der Waals surface area contributed by atoms with Gasteiger partial charge < -0.3 is 10.1 Å². The molecule has 0 aromatic heterocycles. The zero-order valence-electron chi connectivity index (χ0n) is 14.1. The van der Waals surface area contributed by atoms with E-state index in [0.29, 0.717) is 28.5 Å². The molecule has 0 saturated carbocycles. The zero-order chi connectivity index (χ0) is 18.2. The Morgan fingerprint density at radius 3 is 2.48 bits per heavy atom. The Balaban J connectivity index is 2.44. The lowest BCUT2D eigenvalue weighted by Crippen LogP contribution is -2.14. The van der Waals surface area contributed by atoms with Gasteiger partial charge in [-0.05, 0) is 18.2 Å². The predicted molar refractivity (Wildman–Crippen MR) is 99.3 cm³/mol. The first-order chi connectivity index (χ1) is 12.0. The molecule has 0 aliphatic heterocycles. The maximum Gasteiger partial charge on any atom is 0.302 e. The summed E-state index contributed by atoms with van der Waals surface area (Å²) in [7, 11) is 0. The second kappa shape index (κ2) is 8.99. The largest absolute Gasteiger partial charge is 0.464 e. The molecular formula is C19H19ClN2O3. The molecule has 0 aliphatic carbocycles. The lowest BCUT2D eigenvalue weighted by Gasteiger charge is -2.14. The summed E-state index contributed by atoms with van der Waals surface area (Å²) < 4.78 is 4.94. The molecule has 0 radical (unpaired) electrons. The third-order valence-electron chi connectivity index (χ3n) is 3.26. The number of esters is 1. The SMILES string of the molecule is CC(=O)Nc1ccc(Cl)cc1C(=NCCOC(C)=O)c1ccccc1. The van der Waals surface area contributed by atoms with Crippen LogP contribution in [0.4, 0.5) is 5.69 Å². The van der Waals surface area contributed by atoms with E-state index >= 15 is 0 Å². The van der Waals surface area contributed by atoms with E-state index in [1.807, 2.05) is 30.3 Å². The van der Waals surface area contributed by atoms with E-state index in [-0.39, 0.29) is 18.5 Å². The highest BCUT2D eigenvalue weighted by Gasteiger charge is 2.13. The van der Waals surface area contributed by atoms with Gasteiger partial charge in [-0.15, -0.1) is 0 Å². The smallest absolute Gasteiger partial charge is 0.302 e. The first kappa shape index (κ1) is 18.7. The number of carbonyl (C=O) groups excluding carboxylic acids is 2. The number of ether oxygens (including phenoxy) is 1. The molecular weight excluding hydrogens is 340 g/mol. The fourth-order valence-corrected chi connectivity index (χ4v) is 2.46. The molecule has 0 saturated heterocycles. The maximum absolute atomic E-state index is 11.5. The van der Waals surface area contributed by atoms with Gasteiger partial charge in [0.15, 0.2) is 0 Å². The van der Waals surface area contributed by atoms with Gasteiger partial charge in [0.2, 0.25) is 5.91 Å². The molecule has 0 unspecified atom stereocenters. The predicted octanol–water partition coefficient (Wildman–Crippen LogP) is 3.70. The van der Waals surface area contributed by atoms with Crippen LogP contribution in [-0.2, 0) is 14.3 Å². The lowest BCUT2D eigenvalue weighted by molar-refractivity contribution is -0.140. The molecule has 0 atom stereocenters. The molecule has 6 heteroatoms. The number of hydrogen-bond donors (Lipinski definition) is 1. The highest BCUT2D eigenvalue weighted by Crippen LogP contribution is 2.24. The van der Waals surface area contributed by atoms with Gasteiger partial charge in [-0.2, -0.15) is 0 Å². The van der Waals surface area contributed by atoms with Crippen LogP contribution in [-0.4, -0.2) is 30.7 Å². The minimum atomic E-state index is -0.349. The molecule has 1 N–H and O–H groups in total. The van der Waals surface area contributed by atoms with Gasteiger partial charge >= 0.3 is 5.97 Å². The number of anilines is 1. The number of aliphatic imine (C=N–C) groups is 1. The summed E-state index contributed by atoms with van der Waals surface area (Å²) in [5, 5.41) is 3.33. The Morgan fingerprint density at radius 2 is 1.84 bits per heavy atom. The van der Waals surface area contributed by atoms with Gasteiger partial charge in [0.25, 0.3) is 0 Å². The van der Waals surface area contributed by atoms with Crippen molar-refractivity contribution in [1.29, 1.82) is 0 Å². The molecule has 0 bridgehead atoms. The van der Waals surface area contributed by atoms with Crippen LogP contribution in [0.3, 0.4) is 0 Å². The van der Waals surface area contributed by atoms with Gasteiger partial charge in [0.1, 0.15) is 6.61 Å². The van der Waals surface area contributed by atoms with Crippen LogP contribution in [0.25, 0.3) is 0 Å². The minimum Gasteiger partial charge on any atom is -0.464 e. The third-order valence-corrected chi connectivity index (χ3v) is 3.50. The van der Waals surface area contributed by atoms with Crippen LogP contribution in [0.1, 0.15) is 25.0 Å². The lowest BCUT2D eigenvalue weighted by atomic mass is 10.0. The van der Waals surface area contributed by atoms with E-state index in [1.165, 1.54) is 13.8 Å². The van der Waals surface area contributed by atoms with E-state index in [2.05, 4.69) is 10.3 Å². The van der Waals surface area contributed by atoms with Crippen LogP contribution < -0.4 is 5.32 Å². The topological polar surface area (TPSA) is 67.8 Å². The molecule has 2 rings (SSSR count). The van der Waals surface area contributed by atoms with Gasteiger partial charge in [0, 0.05) is 30.0 Å². The van der Waals surface area contributed by atoms with Gasteiger partial charge in [-0.25, -0.2) is 0 Å². The second-order valence-corrected chi connectivity index (χ2v) is 5.74. The molecule has 1 amide bonds. The van der Waals surface area contributed by atoms with Crippen molar-refractivity contribution in [3.8, 4) is 0 Å². The molecule has 0 aliphatic rings.